The largest absolute Gasteiger partial charge is 0.469 e. The zero-order chi connectivity index (χ0) is 11.4. The number of aliphatic hydroxyl groups is 1. The highest BCUT2D eigenvalue weighted by Crippen LogP contribution is 2.25. The Morgan fingerprint density at radius 2 is 2.33 bits per heavy atom. The molecule has 0 amide bonds. The van der Waals surface area contributed by atoms with E-state index in [9.17, 15) is 14.3 Å². The molecule has 1 aromatic carbocycles. The molecule has 1 N–H and O–H groups in total. The van der Waals surface area contributed by atoms with Gasteiger partial charge in [0.2, 0.25) is 0 Å². The van der Waals surface area contributed by atoms with Crippen molar-refractivity contribution in [3.8, 4) is 0 Å². The molecule has 0 saturated carbocycles. The molecule has 5 heteroatoms. The van der Waals surface area contributed by atoms with Gasteiger partial charge in [-0.2, -0.15) is 0 Å². The first-order valence-corrected chi connectivity index (χ1v) is 5.04. The summed E-state index contributed by atoms with van der Waals surface area (Å²) in [7, 11) is 1.21. The normalized spacial score (nSPS) is 12.3. The van der Waals surface area contributed by atoms with Crippen LogP contribution in [0.5, 0.6) is 0 Å². The molecule has 1 aromatic rings. The van der Waals surface area contributed by atoms with E-state index in [2.05, 4.69) is 20.7 Å². The fourth-order valence-electron chi connectivity index (χ4n) is 1.13. The van der Waals surface area contributed by atoms with Gasteiger partial charge in [0.15, 0.2) is 0 Å². The lowest BCUT2D eigenvalue weighted by atomic mass is 10.1. The zero-order valence-corrected chi connectivity index (χ0v) is 9.62. The Morgan fingerprint density at radius 3 is 2.93 bits per heavy atom. The van der Waals surface area contributed by atoms with E-state index in [1.54, 1.807) is 6.07 Å². The first-order chi connectivity index (χ1) is 7.06. The van der Waals surface area contributed by atoms with Gasteiger partial charge in [0.05, 0.1) is 24.1 Å². The number of esters is 1. The third kappa shape index (κ3) is 3.00. The highest BCUT2D eigenvalue weighted by Gasteiger charge is 2.18. The van der Waals surface area contributed by atoms with Crippen LogP contribution in [0.1, 0.15) is 18.1 Å². The number of hydrogen-bond donors (Lipinski definition) is 1. The Bertz CT molecular complexity index is 368. The number of hydrogen-bond acceptors (Lipinski definition) is 3. The Hall–Kier alpha value is -0.940. The molecule has 0 aliphatic heterocycles. The molecular formula is C10H10BrFO3. The van der Waals surface area contributed by atoms with Crippen LogP contribution in [0.15, 0.2) is 22.7 Å². The van der Waals surface area contributed by atoms with Crippen LogP contribution in [0, 0.1) is 5.82 Å². The number of aliphatic hydroxyl groups excluding tert-OH is 1. The standard InChI is InChI=1S/C10H10BrFO3/c1-15-9(14)5-8(13)6-3-2-4-7(11)10(6)12/h2-4,8,13H,5H2,1H3/t8-/m0/s1. The van der Waals surface area contributed by atoms with Crippen LogP contribution >= 0.6 is 15.9 Å². The van der Waals surface area contributed by atoms with Gasteiger partial charge in [-0.25, -0.2) is 4.39 Å². The predicted octanol–water partition coefficient (Wildman–Crippen LogP) is 2.18. The summed E-state index contributed by atoms with van der Waals surface area (Å²) in [4.78, 5) is 10.9. The van der Waals surface area contributed by atoms with E-state index in [1.165, 1.54) is 19.2 Å². The van der Waals surface area contributed by atoms with Crippen LogP contribution in [-0.2, 0) is 9.53 Å². The van der Waals surface area contributed by atoms with Crippen LogP contribution in [0.3, 0.4) is 0 Å². The predicted molar refractivity (Wildman–Crippen MR) is 55.7 cm³/mol. The van der Waals surface area contributed by atoms with Gasteiger partial charge in [-0.1, -0.05) is 12.1 Å². The maximum Gasteiger partial charge on any atom is 0.308 e. The molecule has 0 fully saturated rings. The van der Waals surface area contributed by atoms with Gasteiger partial charge in [0.1, 0.15) is 5.82 Å². The van der Waals surface area contributed by atoms with Crippen LogP contribution < -0.4 is 0 Å². The number of carbonyl (C=O) groups excluding carboxylic acids is 1. The highest BCUT2D eigenvalue weighted by molar-refractivity contribution is 9.10. The molecule has 15 heavy (non-hydrogen) atoms. The van der Waals surface area contributed by atoms with Crippen molar-refractivity contribution >= 4 is 21.9 Å². The number of methoxy groups -OCH3 is 1. The van der Waals surface area contributed by atoms with Crippen LogP contribution in [-0.4, -0.2) is 18.2 Å². The van der Waals surface area contributed by atoms with E-state index >= 15 is 0 Å². The van der Waals surface area contributed by atoms with Gasteiger partial charge in [0.25, 0.3) is 0 Å². The Labute approximate surface area is 95.0 Å². The summed E-state index contributed by atoms with van der Waals surface area (Å²) in [6.45, 7) is 0. The zero-order valence-electron chi connectivity index (χ0n) is 8.04. The Kier molecular flexibility index (Phi) is 4.23. The van der Waals surface area contributed by atoms with Gasteiger partial charge in [-0.15, -0.1) is 0 Å². The summed E-state index contributed by atoms with van der Waals surface area (Å²) in [5.41, 5.74) is 0.0785. The van der Waals surface area contributed by atoms with Gasteiger partial charge in [0, 0.05) is 5.56 Å². The van der Waals surface area contributed by atoms with Crippen molar-refractivity contribution in [1.82, 2.24) is 0 Å². The second-order valence-corrected chi connectivity index (χ2v) is 3.79. The Balaban J connectivity index is 2.86. The first-order valence-electron chi connectivity index (χ1n) is 4.25. The van der Waals surface area contributed by atoms with Crippen molar-refractivity contribution in [2.75, 3.05) is 7.11 Å². The highest BCUT2D eigenvalue weighted by atomic mass is 79.9. The quantitative estimate of drug-likeness (QED) is 0.861. The van der Waals surface area contributed by atoms with Gasteiger partial charge in [-0.05, 0) is 22.0 Å². The monoisotopic (exact) mass is 276 g/mol. The third-order valence-corrected chi connectivity index (χ3v) is 2.54. The molecule has 1 atom stereocenters. The average Bonchev–Trinajstić information content (AvgIpc) is 2.21. The number of rotatable bonds is 3. The molecule has 82 valence electrons. The van der Waals surface area contributed by atoms with E-state index in [0.29, 0.717) is 0 Å². The van der Waals surface area contributed by atoms with E-state index < -0.39 is 17.9 Å². The molecule has 3 nitrogen and oxygen atoms in total. The molecular weight excluding hydrogens is 267 g/mol. The van der Waals surface area contributed by atoms with Gasteiger partial charge < -0.3 is 9.84 Å². The molecule has 0 aliphatic rings. The molecule has 0 unspecified atom stereocenters. The lowest BCUT2D eigenvalue weighted by molar-refractivity contribution is -0.142. The molecule has 0 aromatic heterocycles. The SMILES string of the molecule is COC(=O)C[C@H](O)c1cccc(Br)c1F. The van der Waals surface area contributed by atoms with E-state index in [4.69, 9.17) is 0 Å². The topological polar surface area (TPSA) is 46.5 Å². The summed E-state index contributed by atoms with van der Waals surface area (Å²) < 4.78 is 18.1. The molecule has 0 aliphatic carbocycles. The maximum atomic E-state index is 13.4. The van der Waals surface area contributed by atoms with Crippen molar-refractivity contribution in [2.24, 2.45) is 0 Å². The lowest BCUT2D eigenvalue weighted by Gasteiger charge is -2.11. The van der Waals surface area contributed by atoms with Gasteiger partial charge in [-0.3, -0.25) is 4.79 Å². The second kappa shape index (κ2) is 5.23. The summed E-state index contributed by atoms with van der Waals surface area (Å²) in [6, 6.07) is 4.53. The van der Waals surface area contributed by atoms with Crippen molar-refractivity contribution in [2.45, 2.75) is 12.5 Å². The van der Waals surface area contributed by atoms with Crippen molar-refractivity contribution in [1.29, 1.82) is 0 Å². The lowest BCUT2D eigenvalue weighted by Crippen LogP contribution is -2.09. The number of benzene rings is 1. The van der Waals surface area contributed by atoms with Crippen LogP contribution in [0.25, 0.3) is 0 Å². The molecule has 0 saturated heterocycles. The van der Waals surface area contributed by atoms with Crippen molar-refractivity contribution < 1.29 is 19.0 Å². The molecule has 1 rings (SSSR count). The minimum atomic E-state index is -1.19. The summed E-state index contributed by atoms with van der Waals surface area (Å²) >= 11 is 3.00. The second-order valence-electron chi connectivity index (χ2n) is 2.94. The van der Waals surface area contributed by atoms with Crippen LogP contribution in [0.4, 0.5) is 4.39 Å². The first kappa shape index (κ1) is 12.1. The maximum absolute atomic E-state index is 13.4. The fraction of sp³-hybridized carbons (Fsp3) is 0.300. The molecule has 0 bridgehead atoms. The number of ether oxygens (including phenoxy) is 1. The Morgan fingerprint density at radius 1 is 1.67 bits per heavy atom. The summed E-state index contributed by atoms with van der Waals surface area (Å²) in [5.74, 6) is -1.14. The minimum absolute atomic E-state index is 0.0785. The van der Waals surface area contributed by atoms with E-state index in [-0.39, 0.29) is 16.5 Å². The smallest absolute Gasteiger partial charge is 0.308 e. The third-order valence-electron chi connectivity index (χ3n) is 1.93. The number of carbonyl (C=O) groups is 1. The average molecular weight is 277 g/mol. The number of halogens is 2. The van der Waals surface area contributed by atoms with Crippen LogP contribution in [0.2, 0.25) is 0 Å². The molecule has 0 radical (unpaired) electrons. The van der Waals surface area contributed by atoms with Crippen molar-refractivity contribution in [3.05, 3.63) is 34.1 Å². The van der Waals surface area contributed by atoms with Gasteiger partial charge >= 0.3 is 5.97 Å². The molecule has 0 spiro atoms. The molecule has 0 heterocycles. The fourth-order valence-corrected chi connectivity index (χ4v) is 1.51. The van der Waals surface area contributed by atoms with E-state index in [1.807, 2.05) is 0 Å². The minimum Gasteiger partial charge on any atom is -0.469 e. The van der Waals surface area contributed by atoms with E-state index in [0.717, 1.165) is 0 Å². The van der Waals surface area contributed by atoms with Crippen molar-refractivity contribution in [3.63, 3.8) is 0 Å². The summed E-state index contributed by atoms with van der Waals surface area (Å²) in [6.07, 6.45) is -1.45. The summed E-state index contributed by atoms with van der Waals surface area (Å²) in [5, 5.41) is 9.57.